The molecular formula is C48H45ClN8O8S. The van der Waals surface area contributed by atoms with Crippen molar-refractivity contribution in [2.24, 2.45) is 25.4 Å². The number of nitrogens with zero attached hydrogens (tertiary/aromatic N) is 8. The summed E-state index contributed by atoms with van der Waals surface area (Å²) in [4.78, 5) is 79.6. The number of rotatable bonds is 10. The van der Waals surface area contributed by atoms with Crippen LogP contribution in [0.2, 0.25) is 5.02 Å². The highest BCUT2D eigenvalue weighted by molar-refractivity contribution is 7.22. The predicted molar refractivity (Wildman–Crippen MR) is 251 cm³/mol. The number of fused-ring (bicyclic) bond motifs is 6. The lowest BCUT2D eigenvalue weighted by Gasteiger charge is -2.47. The number of aromatic nitrogens is 7. The Morgan fingerprint density at radius 3 is 2.52 bits per heavy atom. The molecule has 18 heteroatoms. The molecule has 16 nitrogen and oxygen atoms in total. The maximum Gasteiger partial charge on any atom is 0.347 e. The zero-order valence-electron chi connectivity index (χ0n) is 37.0. The molecule has 4 atom stereocenters. The van der Waals surface area contributed by atoms with Crippen molar-refractivity contribution in [2.75, 3.05) is 19.1 Å². The summed E-state index contributed by atoms with van der Waals surface area (Å²) in [6, 6.07) is 15.2. The molecule has 1 saturated heterocycles. The Balaban J connectivity index is 1.06. The van der Waals surface area contributed by atoms with Gasteiger partial charge >= 0.3 is 11.4 Å². The normalized spacial score (nSPS) is 20.1. The van der Waals surface area contributed by atoms with Crippen LogP contribution < -0.4 is 31.3 Å². The zero-order chi connectivity index (χ0) is 46.7. The Bertz CT molecular complexity index is 3480. The number of phenols is 1. The van der Waals surface area contributed by atoms with Gasteiger partial charge < -0.3 is 19.1 Å². The lowest BCUT2D eigenvalue weighted by atomic mass is 9.56. The molecule has 0 spiro atoms. The van der Waals surface area contributed by atoms with Gasteiger partial charge in [-0.25, -0.2) is 33.4 Å². The molecule has 1 saturated carbocycles. The largest absolute Gasteiger partial charge is 0.507 e. The minimum atomic E-state index is -1.44. The van der Waals surface area contributed by atoms with E-state index in [0.29, 0.717) is 56.4 Å². The van der Waals surface area contributed by atoms with Crippen molar-refractivity contribution in [1.29, 1.82) is 0 Å². The Morgan fingerprint density at radius 2 is 1.77 bits per heavy atom. The lowest BCUT2D eigenvalue weighted by molar-refractivity contribution is -0.129. The molecule has 6 heterocycles. The van der Waals surface area contributed by atoms with E-state index in [1.54, 1.807) is 63.5 Å². The van der Waals surface area contributed by atoms with Crippen LogP contribution >= 0.6 is 22.9 Å². The zero-order valence-corrected chi connectivity index (χ0v) is 38.6. The monoisotopic (exact) mass is 928 g/mol. The fourth-order valence-electron chi connectivity index (χ4n) is 10.5. The number of phenolic OH excluding ortho intramolecular Hbond substituents is 1. The van der Waals surface area contributed by atoms with E-state index in [-0.39, 0.29) is 43.2 Å². The van der Waals surface area contributed by atoms with Gasteiger partial charge in [-0.05, 0) is 67.0 Å². The molecular weight excluding hydrogens is 884 g/mol. The van der Waals surface area contributed by atoms with Crippen molar-refractivity contribution in [3.8, 4) is 27.8 Å². The first-order chi connectivity index (χ1) is 31.6. The number of hydrogen-bond donors (Lipinski definition) is 1. The minimum absolute atomic E-state index is 0.00926. The number of allylic oxidation sites excluding steroid dienone is 3. The van der Waals surface area contributed by atoms with Gasteiger partial charge in [-0.15, -0.1) is 17.9 Å². The van der Waals surface area contributed by atoms with Gasteiger partial charge in [0, 0.05) is 66.5 Å². The number of carbonyl (C=O) groups is 2. The summed E-state index contributed by atoms with van der Waals surface area (Å²) in [6.07, 6.45) is 3.81. The first kappa shape index (κ1) is 42.9. The van der Waals surface area contributed by atoms with E-state index in [2.05, 4.69) is 11.6 Å². The molecule has 2 amide bonds. The summed E-state index contributed by atoms with van der Waals surface area (Å²) in [7, 11) is 6.29. The van der Waals surface area contributed by atoms with Crippen LogP contribution in [-0.4, -0.2) is 64.4 Å². The fourth-order valence-corrected chi connectivity index (χ4v) is 11.9. The van der Waals surface area contributed by atoms with Crippen molar-refractivity contribution in [2.45, 2.75) is 58.2 Å². The van der Waals surface area contributed by atoms with Gasteiger partial charge in [-0.2, -0.15) is 5.10 Å². The van der Waals surface area contributed by atoms with Crippen molar-refractivity contribution in [3.63, 3.8) is 0 Å². The van der Waals surface area contributed by atoms with Crippen molar-refractivity contribution in [1.82, 2.24) is 33.3 Å². The van der Waals surface area contributed by atoms with Crippen LogP contribution in [0.5, 0.6) is 17.2 Å². The van der Waals surface area contributed by atoms with Crippen LogP contribution in [0.4, 0.5) is 5.82 Å². The number of imide groups is 1. The molecule has 0 bridgehead atoms. The van der Waals surface area contributed by atoms with Crippen molar-refractivity contribution in [3.05, 3.63) is 138 Å². The van der Waals surface area contributed by atoms with Crippen molar-refractivity contribution < 1.29 is 24.2 Å². The number of methoxy groups -OCH3 is 2. The molecule has 2 fully saturated rings. The number of anilines is 1. The Kier molecular flexibility index (Phi) is 10.1. The van der Waals surface area contributed by atoms with Crippen LogP contribution in [-0.2, 0) is 49.6 Å². The van der Waals surface area contributed by atoms with E-state index < -0.39 is 52.0 Å². The highest BCUT2D eigenvalue weighted by Gasteiger charge is 2.66. The van der Waals surface area contributed by atoms with Crippen LogP contribution in [0.1, 0.15) is 47.7 Å². The number of amides is 2. The number of thiophene rings is 1. The van der Waals surface area contributed by atoms with Gasteiger partial charge in [0.1, 0.15) is 23.0 Å². The molecule has 0 unspecified atom stereocenters. The summed E-state index contributed by atoms with van der Waals surface area (Å²) < 4.78 is 18.6. The molecule has 338 valence electrons. The molecule has 66 heavy (non-hydrogen) atoms. The number of carbonyl (C=O) groups excluding carboxylic acids is 2. The van der Waals surface area contributed by atoms with Crippen LogP contribution in [0.3, 0.4) is 0 Å². The summed E-state index contributed by atoms with van der Waals surface area (Å²) in [6.45, 7) is 7.42. The van der Waals surface area contributed by atoms with Gasteiger partial charge in [0.25, 0.3) is 5.56 Å². The number of aromatic hydroxyl groups is 1. The average molecular weight is 929 g/mol. The molecule has 1 N–H and O–H groups in total. The molecule has 4 aromatic heterocycles. The highest BCUT2D eigenvalue weighted by Crippen LogP contribution is 2.62. The summed E-state index contributed by atoms with van der Waals surface area (Å²) >= 11 is 7.89. The third-order valence-electron chi connectivity index (χ3n) is 13.9. The van der Waals surface area contributed by atoms with Gasteiger partial charge in [0.05, 0.1) is 54.0 Å². The van der Waals surface area contributed by atoms with Crippen LogP contribution in [0, 0.1) is 18.3 Å². The first-order valence-electron chi connectivity index (χ1n) is 21.4. The molecule has 7 aromatic rings. The van der Waals surface area contributed by atoms with E-state index in [4.69, 9.17) is 26.2 Å². The molecule has 3 aromatic carbocycles. The van der Waals surface area contributed by atoms with E-state index in [1.807, 2.05) is 31.2 Å². The Hall–Kier alpha value is -6.98. The van der Waals surface area contributed by atoms with E-state index in [1.165, 1.54) is 49.1 Å². The highest BCUT2D eigenvalue weighted by atomic mass is 35.5. The second-order valence-corrected chi connectivity index (χ2v) is 18.8. The molecule has 0 radical (unpaired) electrons. The van der Waals surface area contributed by atoms with Gasteiger partial charge in [-0.1, -0.05) is 42.0 Å². The van der Waals surface area contributed by atoms with Gasteiger partial charge in [-0.3, -0.25) is 19.1 Å². The summed E-state index contributed by atoms with van der Waals surface area (Å²) in [5.41, 5.74) is 1.20. The first-order valence-corrected chi connectivity index (χ1v) is 22.6. The molecule has 2 aliphatic heterocycles. The third-order valence-corrected chi connectivity index (χ3v) is 15.4. The smallest absolute Gasteiger partial charge is 0.347 e. The maximum absolute atomic E-state index is 15.3. The second kappa shape index (κ2) is 15.6. The lowest BCUT2D eigenvalue weighted by Crippen LogP contribution is -2.49. The van der Waals surface area contributed by atoms with Crippen LogP contribution in [0.15, 0.2) is 93.3 Å². The Labute approximate surface area is 385 Å². The summed E-state index contributed by atoms with van der Waals surface area (Å²) in [5, 5.41) is 18.4. The number of halogens is 1. The second-order valence-electron chi connectivity index (χ2n) is 17.3. The third kappa shape index (κ3) is 6.12. The van der Waals surface area contributed by atoms with E-state index in [9.17, 15) is 19.5 Å². The SMILES string of the molecule is C=CCc1cccc([C@H]2C3=CCn4c(=O)n(CCc5nc6cc(OC)c(OC)cc6n(C)c5=O)c(=O)n4[C@@H]3C[C@H]3C(=O)N(c4cc(-c5sc6ccc(Cl)cc6c5C)nn4C)C(=O)[C@@]23C)c1O. The quantitative estimate of drug-likeness (QED) is 0.123. The average Bonchev–Trinajstić information content (AvgIpc) is 3.97. The fraction of sp³-hybridized carbons (Fsp3) is 0.312. The van der Waals surface area contributed by atoms with E-state index >= 15 is 9.59 Å². The van der Waals surface area contributed by atoms with Gasteiger partial charge in [0.2, 0.25) is 11.8 Å². The molecule has 1 aliphatic carbocycles. The topological polar surface area (TPSA) is 178 Å². The maximum atomic E-state index is 15.3. The predicted octanol–water partition coefficient (Wildman–Crippen LogP) is 6.19. The molecule has 3 aliphatic rings. The number of aryl methyl sites for hydroxylation is 4. The number of benzene rings is 3. The number of hydrogen-bond acceptors (Lipinski definition) is 11. The number of ether oxygens (including phenoxy) is 2. The standard InChI is InChI=1S/C48H45ClN8O8S/c1-8-10-25-11-9-12-28(41(25)58)40-27-15-18-55-46(62)54(17-16-31-44(60)52(4)35-23-37(65-7)36(64-6)21-32(35)50-31)47(63)57(55)34(27)20-30-43(59)56(45(61)48(30,40)3)39-22-33(51-53(39)5)42-24(2)29-19-26(49)13-14-38(29)66-42/h8-9,11-15,19,21-23,30,34,40,58H,1,10,16-18,20H2,2-7H3/t30-,34+,40+,48+/m0/s1. The minimum Gasteiger partial charge on any atom is -0.507 e. The molecule has 10 rings (SSSR count). The van der Waals surface area contributed by atoms with Crippen molar-refractivity contribution >= 4 is 61.7 Å². The number of para-hydroxylation sites is 1. The van der Waals surface area contributed by atoms with Crippen LogP contribution in [0.25, 0.3) is 31.7 Å². The van der Waals surface area contributed by atoms with E-state index in [0.717, 1.165) is 25.1 Å². The summed E-state index contributed by atoms with van der Waals surface area (Å²) in [5.74, 6) is -1.76. The van der Waals surface area contributed by atoms with Gasteiger partial charge in [0.15, 0.2) is 11.5 Å². The Morgan fingerprint density at radius 1 is 1.02 bits per heavy atom.